The molecule has 27 heavy (non-hydrogen) atoms. The van der Waals surface area contributed by atoms with E-state index in [1.54, 1.807) is 0 Å². The number of aromatic nitrogens is 2. The van der Waals surface area contributed by atoms with Crippen LogP contribution in [0.5, 0.6) is 5.75 Å². The van der Waals surface area contributed by atoms with Crippen molar-refractivity contribution in [2.24, 2.45) is 5.73 Å². The second-order valence-corrected chi connectivity index (χ2v) is 7.21. The van der Waals surface area contributed by atoms with E-state index in [-0.39, 0.29) is 5.02 Å². The molecule has 1 atom stereocenters. The highest BCUT2D eigenvalue weighted by Gasteiger charge is 2.37. The van der Waals surface area contributed by atoms with Crippen LogP contribution in [0, 0.1) is 5.82 Å². The number of nitrogens with zero attached hydrogens (tertiary/aromatic N) is 2. The molecular formula is C20H19ClFN3O2. The molecule has 1 saturated carbocycles. The number of benzene rings is 2. The molecule has 2 aromatic carbocycles. The summed E-state index contributed by atoms with van der Waals surface area (Å²) in [5.41, 5.74) is 6.71. The fourth-order valence-electron chi connectivity index (χ4n) is 3.35. The topological polar surface area (TPSA) is 74.2 Å². The highest BCUT2D eigenvalue weighted by Crippen LogP contribution is 2.36. The average Bonchev–Trinajstić information content (AvgIpc) is 3.34. The maximum Gasteiger partial charge on any atom is 0.272 e. The van der Waals surface area contributed by atoms with Crippen LogP contribution in [0.15, 0.2) is 53.1 Å². The summed E-state index contributed by atoms with van der Waals surface area (Å²) in [5, 5.41) is 4.10. The van der Waals surface area contributed by atoms with E-state index < -0.39 is 17.5 Å². The second-order valence-electron chi connectivity index (χ2n) is 6.80. The van der Waals surface area contributed by atoms with E-state index >= 15 is 0 Å². The second kappa shape index (κ2) is 7.29. The van der Waals surface area contributed by atoms with E-state index in [0.29, 0.717) is 17.5 Å². The lowest BCUT2D eigenvalue weighted by molar-refractivity contribution is 0.193. The molecular weight excluding hydrogens is 369 g/mol. The van der Waals surface area contributed by atoms with Gasteiger partial charge in [0.15, 0.2) is 5.82 Å². The van der Waals surface area contributed by atoms with Crippen molar-refractivity contribution in [2.75, 3.05) is 0 Å². The van der Waals surface area contributed by atoms with E-state index in [0.717, 1.165) is 31.2 Å². The standard InChI is InChI=1S/C20H19ClFN3O2/c21-15-12-14(8-9-16(15)22)26-17(13-6-2-1-3-7-13)18-24-19(25-27-18)20(23)10-4-5-11-20/h1-3,6-9,12,17H,4-5,10-11,23H2. The first-order valence-corrected chi connectivity index (χ1v) is 9.23. The number of halogens is 2. The van der Waals surface area contributed by atoms with E-state index in [1.807, 2.05) is 30.3 Å². The third kappa shape index (κ3) is 3.68. The van der Waals surface area contributed by atoms with Gasteiger partial charge in [0.05, 0.1) is 10.6 Å². The first-order valence-electron chi connectivity index (χ1n) is 8.85. The lowest BCUT2D eigenvalue weighted by Crippen LogP contribution is -2.34. The van der Waals surface area contributed by atoms with Crippen molar-refractivity contribution in [3.8, 4) is 5.75 Å². The Morgan fingerprint density at radius 2 is 1.89 bits per heavy atom. The summed E-state index contributed by atoms with van der Waals surface area (Å²) in [7, 11) is 0. The minimum absolute atomic E-state index is 0.0163. The fourth-order valence-corrected chi connectivity index (χ4v) is 3.52. The van der Waals surface area contributed by atoms with Crippen LogP contribution in [0.4, 0.5) is 4.39 Å². The van der Waals surface area contributed by atoms with Crippen molar-refractivity contribution in [1.29, 1.82) is 0 Å². The Kier molecular flexibility index (Phi) is 4.85. The Morgan fingerprint density at radius 3 is 2.59 bits per heavy atom. The number of rotatable bonds is 5. The van der Waals surface area contributed by atoms with Crippen LogP contribution < -0.4 is 10.5 Å². The molecule has 0 amide bonds. The average molecular weight is 388 g/mol. The van der Waals surface area contributed by atoms with Crippen LogP contribution in [0.1, 0.15) is 49.1 Å². The fraction of sp³-hybridized carbons (Fsp3) is 0.300. The molecule has 7 heteroatoms. The number of nitrogens with two attached hydrogens (primary N) is 1. The van der Waals surface area contributed by atoms with E-state index in [4.69, 9.17) is 26.6 Å². The number of hydrogen-bond donors (Lipinski definition) is 1. The predicted molar refractivity (Wildman–Crippen MR) is 99.0 cm³/mol. The van der Waals surface area contributed by atoms with Crippen molar-refractivity contribution < 1.29 is 13.7 Å². The van der Waals surface area contributed by atoms with Gasteiger partial charge in [0.2, 0.25) is 6.10 Å². The van der Waals surface area contributed by atoms with E-state index in [2.05, 4.69) is 10.1 Å². The van der Waals surface area contributed by atoms with Crippen molar-refractivity contribution >= 4 is 11.6 Å². The molecule has 0 spiro atoms. The molecule has 1 fully saturated rings. The van der Waals surface area contributed by atoms with Crippen LogP contribution in [-0.2, 0) is 5.54 Å². The maximum absolute atomic E-state index is 13.5. The van der Waals surface area contributed by atoms with Crippen LogP contribution in [0.25, 0.3) is 0 Å². The largest absolute Gasteiger partial charge is 0.476 e. The van der Waals surface area contributed by atoms with Gasteiger partial charge in [-0.15, -0.1) is 0 Å². The summed E-state index contributed by atoms with van der Waals surface area (Å²) >= 11 is 5.87. The van der Waals surface area contributed by atoms with Gasteiger partial charge in [0.1, 0.15) is 11.6 Å². The molecule has 1 heterocycles. The highest BCUT2D eigenvalue weighted by atomic mass is 35.5. The zero-order valence-corrected chi connectivity index (χ0v) is 15.3. The zero-order chi connectivity index (χ0) is 18.9. The van der Waals surface area contributed by atoms with Gasteiger partial charge in [-0.25, -0.2) is 4.39 Å². The molecule has 0 bridgehead atoms. The Hall–Kier alpha value is -2.44. The monoisotopic (exact) mass is 387 g/mol. The molecule has 1 aliphatic carbocycles. The van der Waals surface area contributed by atoms with Gasteiger partial charge in [-0.2, -0.15) is 4.98 Å². The minimum atomic E-state index is -0.654. The molecule has 2 N–H and O–H groups in total. The van der Waals surface area contributed by atoms with Gasteiger partial charge >= 0.3 is 0 Å². The molecule has 5 nitrogen and oxygen atoms in total. The summed E-state index contributed by atoms with van der Waals surface area (Å²) in [5.74, 6) is 0.690. The SMILES string of the molecule is NC1(c2noc(C(Oc3ccc(F)c(Cl)c3)c3ccccc3)n2)CCCC1. The summed E-state index contributed by atoms with van der Waals surface area (Å²) in [6, 6.07) is 13.7. The smallest absolute Gasteiger partial charge is 0.272 e. The Bertz CT molecular complexity index is 926. The van der Waals surface area contributed by atoms with Crippen LogP contribution >= 0.6 is 11.6 Å². The lowest BCUT2D eigenvalue weighted by Gasteiger charge is -2.18. The summed E-state index contributed by atoms with van der Waals surface area (Å²) in [4.78, 5) is 4.54. The molecule has 140 valence electrons. The first-order chi connectivity index (χ1) is 13.0. The number of ether oxygens (including phenoxy) is 1. The predicted octanol–water partition coefficient (Wildman–Crippen LogP) is 4.76. The van der Waals surface area contributed by atoms with Crippen molar-refractivity contribution in [2.45, 2.75) is 37.3 Å². The normalized spacial score (nSPS) is 17.0. The van der Waals surface area contributed by atoms with E-state index in [1.165, 1.54) is 18.2 Å². The van der Waals surface area contributed by atoms with Crippen LogP contribution in [0.3, 0.4) is 0 Å². The molecule has 0 aliphatic heterocycles. The van der Waals surface area contributed by atoms with Crippen molar-refractivity contribution in [1.82, 2.24) is 10.1 Å². The zero-order valence-electron chi connectivity index (χ0n) is 14.6. The third-order valence-electron chi connectivity index (χ3n) is 4.85. The summed E-state index contributed by atoms with van der Waals surface area (Å²) in [6.45, 7) is 0. The molecule has 1 aromatic heterocycles. The molecule has 4 rings (SSSR count). The van der Waals surface area contributed by atoms with Gasteiger partial charge in [-0.3, -0.25) is 0 Å². The molecule has 3 aromatic rings. The quantitative estimate of drug-likeness (QED) is 0.683. The van der Waals surface area contributed by atoms with Crippen LogP contribution in [-0.4, -0.2) is 10.1 Å². The van der Waals surface area contributed by atoms with Crippen molar-refractivity contribution in [3.05, 3.63) is 76.6 Å². The van der Waals surface area contributed by atoms with Gasteiger partial charge < -0.3 is 15.0 Å². The first kappa shape index (κ1) is 17.9. The van der Waals surface area contributed by atoms with Gasteiger partial charge in [0, 0.05) is 11.6 Å². The highest BCUT2D eigenvalue weighted by molar-refractivity contribution is 6.30. The van der Waals surface area contributed by atoms with E-state index in [9.17, 15) is 4.39 Å². The maximum atomic E-state index is 13.5. The Balaban J connectivity index is 1.68. The molecule has 0 radical (unpaired) electrons. The van der Waals surface area contributed by atoms with Gasteiger partial charge in [-0.1, -0.05) is 59.9 Å². The molecule has 0 saturated heterocycles. The van der Waals surface area contributed by atoms with Gasteiger partial charge in [-0.05, 0) is 25.0 Å². The Morgan fingerprint density at radius 1 is 1.15 bits per heavy atom. The summed E-state index contributed by atoms with van der Waals surface area (Å²) in [6.07, 6.45) is 3.10. The molecule has 1 unspecified atom stereocenters. The van der Waals surface area contributed by atoms with Crippen LogP contribution in [0.2, 0.25) is 5.02 Å². The number of hydrogen-bond acceptors (Lipinski definition) is 5. The molecule has 1 aliphatic rings. The summed E-state index contributed by atoms with van der Waals surface area (Å²) < 4.78 is 25.0. The minimum Gasteiger partial charge on any atom is -0.476 e. The van der Waals surface area contributed by atoms with Crippen molar-refractivity contribution in [3.63, 3.8) is 0 Å². The van der Waals surface area contributed by atoms with Gasteiger partial charge in [0.25, 0.3) is 5.89 Å². The lowest BCUT2D eigenvalue weighted by atomic mass is 9.98. The Labute approximate surface area is 161 Å². The third-order valence-corrected chi connectivity index (χ3v) is 5.14.